The van der Waals surface area contributed by atoms with E-state index in [-0.39, 0.29) is 12.1 Å². The second-order valence-electron chi connectivity index (χ2n) is 4.66. The molecule has 0 aliphatic heterocycles. The predicted octanol–water partition coefficient (Wildman–Crippen LogP) is 2.48. The number of nitriles is 1. The molecule has 0 heterocycles. The first-order chi connectivity index (χ1) is 7.53. The lowest BCUT2D eigenvalue weighted by atomic mass is 10.1. The van der Waals surface area contributed by atoms with E-state index in [1.807, 2.05) is 30.3 Å². The van der Waals surface area contributed by atoms with E-state index in [2.05, 4.69) is 26.1 Å². The van der Waals surface area contributed by atoms with Crippen LogP contribution in [0.4, 0.5) is 0 Å². The highest BCUT2D eigenvalue weighted by Crippen LogP contribution is 2.18. The van der Waals surface area contributed by atoms with Crippen LogP contribution in [0.2, 0.25) is 0 Å². The normalized spacial score (nSPS) is 10.9. The summed E-state index contributed by atoms with van der Waals surface area (Å²) in [6.45, 7) is 7.18. The van der Waals surface area contributed by atoms with Crippen LogP contribution in [0.5, 0.6) is 5.75 Å². The summed E-state index contributed by atoms with van der Waals surface area (Å²) in [6.07, 6.45) is 0. The van der Waals surface area contributed by atoms with Crippen molar-refractivity contribution in [1.82, 2.24) is 5.32 Å². The molecule has 3 heteroatoms. The van der Waals surface area contributed by atoms with E-state index in [0.717, 1.165) is 17.9 Å². The van der Waals surface area contributed by atoms with E-state index < -0.39 is 0 Å². The lowest BCUT2D eigenvalue weighted by molar-refractivity contribution is 0.357. The zero-order chi connectivity index (χ0) is 12.0. The SMILES string of the molecule is CC(C)(C)NCc1ccccc1OCC#N. The lowest BCUT2D eigenvalue weighted by Gasteiger charge is -2.21. The number of hydrogen-bond donors (Lipinski definition) is 1. The highest BCUT2D eigenvalue weighted by atomic mass is 16.5. The third-order valence-electron chi connectivity index (χ3n) is 2.07. The Morgan fingerprint density at radius 3 is 2.62 bits per heavy atom. The molecule has 1 aromatic rings. The van der Waals surface area contributed by atoms with E-state index >= 15 is 0 Å². The molecule has 1 N–H and O–H groups in total. The van der Waals surface area contributed by atoms with Crippen molar-refractivity contribution >= 4 is 0 Å². The zero-order valence-electron chi connectivity index (χ0n) is 10.1. The Morgan fingerprint density at radius 1 is 1.31 bits per heavy atom. The largest absolute Gasteiger partial charge is 0.478 e. The molecular weight excluding hydrogens is 200 g/mol. The second-order valence-corrected chi connectivity index (χ2v) is 4.66. The number of nitrogens with one attached hydrogen (secondary N) is 1. The van der Waals surface area contributed by atoms with Crippen molar-refractivity contribution in [1.29, 1.82) is 5.26 Å². The first-order valence-corrected chi connectivity index (χ1v) is 5.35. The van der Waals surface area contributed by atoms with Crippen LogP contribution in [0, 0.1) is 11.3 Å². The minimum Gasteiger partial charge on any atom is -0.478 e. The number of para-hydroxylation sites is 1. The smallest absolute Gasteiger partial charge is 0.174 e. The van der Waals surface area contributed by atoms with E-state index in [1.54, 1.807) is 0 Å². The maximum atomic E-state index is 8.49. The fourth-order valence-electron chi connectivity index (χ4n) is 1.26. The molecule has 0 aromatic heterocycles. The average molecular weight is 218 g/mol. The Kier molecular flexibility index (Phi) is 4.33. The summed E-state index contributed by atoms with van der Waals surface area (Å²) < 4.78 is 5.35. The van der Waals surface area contributed by atoms with Crippen LogP contribution in [0.3, 0.4) is 0 Å². The molecule has 16 heavy (non-hydrogen) atoms. The summed E-state index contributed by atoms with van der Waals surface area (Å²) in [6, 6.07) is 9.75. The van der Waals surface area contributed by atoms with Gasteiger partial charge in [-0.3, -0.25) is 0 Å². The van der Waals surface area contributed by atoms with Gasteiger partial charge in [0, 0.05) is 17.6 Å². The molecule has 0 fully saturated rings. The third kappa shape index (κ3) is 4.33. The summed E-state index contributed by atoms with van der Waals surface area (Å²) in [5, 5.41) is 11.9. The highest BCUT2D eigenvalue weighted by molar-refractivity contribution is 5.33. The maximum Gasteiger partial charge on any atom is 0.174 e. The van der Waals surface area contributed by atoms with E-state index in [4.69, 9.17) is 10.00 Å². The molecule has 0 amide bonds. The monoisotopic (exact) mass is 218 g/mol. The van der Waals surface area contributed by atoms with Crippen molar-refractivity contribution in [2.24, 2.45) is 0 Å². The van der Waals surface area contributed by atoms with Gasteiger partial charge in [-0.1, -0.05) is 18.2 Å². The van der Waals surface area contributed by atoms with Crippen LogP contribution >= 0.6 is 0 Å². The van der Waals surface area contributed by atoms with Crippen LogP contribution in [-0.2, 0) is 6.54 Å². The predicted molar refractivity (Wildman–Crippen MR) is 64.1 cm³/mol. The first kappa shape index (κ1) is 12.5. The Balaban J connectivity index is 2.68. The van der Waals surface area contributed by atoms with E-state index in [0.29, 0.717) is 0 Å². The van der Waals surface area contributed by atoms with Crippen LogP contribution in [0.1, 0.15) is 26.3 Å². The van der Waals surface area contributed by atoms with E-state index in [1.165, 1.54) is 0 Å². The topological polar surface area (TPSA) is 45.0 Å². The molecule has 0 aliphatic carbocycles. The van der Waals surface area contributed by atoms with Gasteiger partial charge in [0.25, 0.3) is 0 Å². The van der Waals surface area contributed by atoms with Gasteiger partial charge < -0.3 is 10.1 Å². The quantitative estimate of drug-likeness (QED) is 0.844. The fraction of sp³-hybridized carbons (Fsp3) is 0.462. The van der Waals surface area contributed by atoms with Gasteiger partial charge in [0.15, 0.2) is 6.61 Å². The van der Waals surface area contributed by atoms with Gasteiger partial charge in [0.05, 0.1) is 0 Å². The van der Waals surface area contributed by atoms with Crippen LogP contribution in [0.15, 0.2) is 24.3 Å². The van der Waals surface area contributed by atoms with Crippen molar-refractivity contribution in [2.45, 2.75) is 32.9 Å². The van der Waals surface area contributed by atoms with Crippen LogP contribution in [0.25, 0.3) is 0 Å². The molecule has 0 bridgehead atoms. The number of benzene rings is 1. The van der Waals surface area contributed by atoms with Gasteiger partial charge in [-0.05, 0) is 26.8 Å². The second kappa shape index (κ2) is 5.53. The Morgan fingerprint density at radius 2 is 2.00 bits per heavy atom. The number of ether oxygens (including phenoxy) is 1. The molecule has 0 spiro atoms. The average Bonchev–Trinajstić information content (AvgIpc) is 2.23. The minimum absolute atomic E-state index is 0.0718. The van der Waals surface area contributed by atoms with Gasteiger partial charge >= 0.3 is 0 Å². The molecule has 0 saturated heterocycles. The molecule has 1 rings (SSSR count). The number of rotatable bonds is 4. The number of nitrogens with zero attached hydrogens (tertiary/aromatic N) is 1. The zero-order valence-corrected chi connectivity index (χ0v) is 10.1. The first-order valence-electron chi connectivity index (χ1n) is 5.35. The Hall–Kier alpha value is -1.53. The van der Waals surface area contributed by atoms with Crippen molar-refractivity contribution in [3.63, 3.8) is 0 Å². The molecule has 0 atom stereocenters. The highest BCUT2D eigenvalue weighted by Gasteiger charge is 2.10. The standard InChI is InChI=1S/C13H18N2O/c1-13(2,3)15-10-11-6-4-5-7-12(11)16-9-8-14/h4-7,15H,9-10H2,1-3H3. The van der Waals surface area contributed by atoms with Crippen molar-refractivity contribution in [3.05, 3.63) is 29.8 Å². The van der Waals surface area contributed by atoms with Gasteiger partial charge in [0.1, 0.15) is 11.8 Å². The lowest BCUT2D eigenvalue weighted by Crippen LogP contribution is -2.35. The summed E-state index contributed by atoms with van der Waals surface area (Å²) >= 11 is 0. The van der Waals surface area contributed by atoms with E-state index in [9.17, 15) is 0 Å². The van der Waals surface area contributed by atoms with Crippen LogP contribution < -0.4 is 10.1 Å². The molecule has 3 nitrogen and oxygen atoms in total. The maximum absolute atomic E-state index is 8.49. The van der Waals surface area contributed by atoms with Gasteiger partial charge in [-0.15, -0.1) is 0 Å². The van der Waals surface area contributed by atoms with Crippen LogP contribution in [-0.4, -0.2) is 12.1 Å². The summed E-state index contributed by atoms with van der Waals surface area (Å²) in [4.78, 5) is 0. The fourth-order valence-corrected chi connectivity index (χ4v) is 1.26. The number of hydrogen-bond acceptors (Lipinski definition) is 3. The summed E-state index contributed by atoms with van der Waals surface area (Å²) in [5.74, 6) is 0.779. The van der Waals surface area contributed by atoms with Gasteiger partial charge in [0.2, 0.25) is 0 Å². The summed E-state index contributed by atoms with van der Waals surface area (Å²) in [5.41, 5.74) is 1.15. The molecule has 0 aliphatic rings. The molecular formula is C13H18N2O. The molecule has 0 saturated carbocycles. The molecule has 0 radical (unpaired) electrons. The van der Waals surface area contributed by atoms with Gasteiger partial charge in [-0.25, -0.2) is 0 Å². The molecule has 1 aromatic carbocycles. The minimum atomic E-state index is 0.0718. The Bertz CT molecular complexity index is 374. The van der Waals surface area contributed by atoms with Crippen molar-refractivity contribution in [3.8, 4) is 11.8 Å². The molecule has 0 unspecified atom stereocenters. The third-order valence-corrected chi connectivity index (χ3v) is 2.07. The van der Waals surface area contributed by atoms with Crippen molar-refractivity contribution in [2.75, 3.05) is 6.61 Å². The summed E-state index contributed by atoms with van der Waals surface area (Å²) in [7, 11) is 0. The van der Waals surface area contributed by atoms with Gasteiger partial charge in [-0.2, -0.15) is 5.26 Å². The Labute approximate surface area is 97.0 Å². The molecule has 86 valence electrons. The van der Waals surface area contributed by atoms with Crippen molar-refractivity contribution < 1.29 is 4.74 Å².